The van der Waals surface area contributed by atoms with E-state index in [4.69, 9.17) is 5.73 Å². The van der Waals surface area contributed by atoms with E-state index in [1.165, 1.54) is 6.08 Å². The number of amides is 1. The van der Waals surface area contributed by atoms with Crippen LogP contribution in [0.5, 0.6) is 0 Å². The Labute approximate surface area is 151 Å². The van der Waals surface area contributed by atoms with Gasteiger partial charge in [0.15, 0.2) is 5.96 Å². The van der Waals surface area contributed by atoms with Gasteiger partial charge in [-0.15, -0.1) is 0 Å². The largest absolute Gasteiger partial charge is 0.370 e. The highest BCUT2D eigenvalue weighted by Gasteiger charge is 2.08. The zero-order chi connectivity index (χ0) is 18.9. The van der Waals surface area contributed by atoms with Crippen molar-refractivity contribution in [1.82, 2.24) is 5.32 Å². The number of benzene rings is 1. The number of carbonyl (C=O) groups is 1. The van der Waals surface area contributed by atoms with E-state index >= 15 is 0 Å². The summed E-state index contributed by atoms with van der Waals surface area (Å²) in [5, 5.41) is 2.95. The fraction of sp³-hybridized carbons (Fsp3) is 0.429. The van der Waals surface area contributed by atoms with Gasteiger partial charge in [-0.25, -0.2) is 0 Å². The van der Waals surface area contributed by atoms with Crippen LogP contribution in [-0.2, 0) is 11.3 Å². The summed E-state index contributed by atoms with van der Waals surface area (Å²) in [5.74, 6) is -0.216. The van der Waals surface area contributed by atoms with Gasteiger partial charge >= 0.3 is 0 Å². The van der Waals surface area contributed by atoms with Crippen molar-refractivity contribution < 1.29 is 4.79 Å². The van der Waals surface area contributed by atoms with Gasteiger partial charge in [0, 0.05) is 12.6 Å². The van der Waals surface area contributed by atoms with Crippen LogP contribution in [-0.4, -0.2) is 11.9 Å². The zero-order valence-corrected chi connectivity index (χ0v) is 16.1. The number of hydrogen-bond donors (Lipinski definition) is 2. The summed E-state index contributed by atoms with van der Waals surface area (Å²) in [6, 6.07) is 9.83. The molecule has 0 saturated heterocycles. The second-order valence-electron chi connectivity index (χ2n) is 7.49. The highest BCUT2D eigenvalue weighted by atomic mass is 16.1. The van der Waals surface area contributed by atoms with Crippen LogP contribution in [0.4, 0.5) is 0 Å². The molecule has 0 aliphatic heterocycles. The van der Waals surface area contributed by atoms with Gasteiger partial charge in [-0.3, -0.25) is 4.79 Å². The van der Waals surface area contributed by atoms with E-state index in [1.54, 1.807) is 0 Å². The predicted molar refractivity (Wildman–Crippen MR) is 106 cm³/mol. The lowest BCUT2D eigenvalue weighted by atomic mass is 9.90. The van der Waals surface area contributed by atoms with E-state index in [0.29, 0.717) is 12.0 Å². The molecule has 0 atom stereocenters. The lowest BCUT2D eigenvalue weighted by molar-refractivity contribution is -0.113. The maximum Gasteiger partial charge on any atom is 0.273 e. The molecule has 0 fully saturated rings. The number of nitrogens with two attached hydrogens (primary N) is 1. The second kappa shape index (κ2) is 9.82. The zero-order valence-electron chi connectivity index (χ0n) is 16.1. The SMILES string of the molecule is CC(=C\CCC(C)(C)C)/C(C)=C/C(=O)/N=C(\N)NCc1ccccc1. The number of nitrogens with zero attached hydrogens (tertiary/aromatic N) is 1. The Morgan fingerprint density at radius 2 is 1.80 bits per heavy atom. The summed E-state index contributed by atoms with van der Waals surface area (Å²) >= 11 is 0. The van der Waals surface area contributed by atoms with Gasteiger partial charge in [0.05, 0.1) is 0 Å². The molecule has 0 heterocycles. The molecule has 4 heteroatoms. The number of carbonyl (C=O) groups excluding carboxylic acids is 1. The van der Waals surface area contributed by atoms with Gasteiger partial charge < -0.3 is 11.1 Å². The third kappa shape index (κ3) is 9.50. The number of aliphatic imine (C=N–C) groups is 1. The number of rotatable bonds is 6. The summed E-state index contributed by atoms with van der Waals surface area (Å²) in [6.07, 6.45) is 5.81. The van der Waals surface area contributed by atoms with Crippen LogP contribution < -0.4 is 11.1 Å². The lowest BCUT2D eigenvalue weighted by Crippen LogP contribution is -2.31. The highest BCUT2D eigenvalue weighted by molar-refractivity contribution is 5.98. The Balaban J connectivity index is 2.56. The minimum Gasteiger partial charge on any atom is -0.370 e. The molecule has 0 aliphatic carbocycles. The molecule has 1 amide bonds. The molecule has 0 spiro atoms. The van der Waals surface area contributed by atoms with Crippen LogP contribution in [0.1, 0.15) is 53.0 Å². The van der Waals surface area contributed by atoms with Gasteiger partial charge in [0.25, 0.3) is 5.91 Å². The van der Waals surface area contributed by atoms with Crippen molar-refractivity contribution in [3.63, 3.8) is 0 Å². The first kappa shape index (κ1) is 20.7. The first-order valence-electron chi connectivity index (χ1n) is 8.69. The summed E-state index contributed by atoms with van der Waals surface area (Å²) in [6.45, 7) is 11.2. The number of hydrogen-bond acceptors (Lipinski definition) is 1. The molecule has 1 aromatic carbocycles. The average molecular weight is 341 g/mol. The van der Waals surface area contributed by atoms with Gasteiger partial charge in [-0.1, -0.05) is 62.8 Å². The lowest BCUT2D eigenvalue weighted by Gasteiger charge is -2.16. The van der Waals surface area contributed by atoms with Crippen molar-refractivity contribution in [2.75, 3.05) is 0 Å². The van der Waals surface area contributed by atoms with Crippen molar-refractivity contribution in [2.24, 2.45) is 16.1 Å². The van der Waals surface area contributed by atoms with Crippen LogP contribution in [0.25, 0.3) is 0 Å². The predicted octanol–water partition coefficient (Wildman–Crippen LogP) is 4.34. The van der Waals surface area contributed by atoms with Crippen molar-refractivity contribution in [3.8, 4) is 0 Å². The molecular weight excluding hydrogens is 310 g/mol. The number of allylic oxidation sites excluding steroid dienone is 3. The maximum absolute atomic E-state index is 12.0. The molecular formula is C21H31N3O. The van der Waals surface area contributed by atoms with Crippen LogP contribution in [0.3, 0.4) is 0 Å². The monoisotopic (exact) mass is 341 g/mol. The van der Waals surface area contributed by atoms with Crippen LogP contribution in [0, 0.1) is 5.41 Å². The number of guanidine groups is 1. The standard InChI is InChI=1S/C21H31N3O/c1-16(10-9-13-21(3,4)5)17(2)14-19(25)24-20(22)23-15-18-11-7-6-8-12-18/h6-8,10-12,14H,9,13,15H2,1-5H3,(H3,22,23,24,25)/b16-10+,17-14+. The van der Waals surface area contributed by atoms with Crippen molar-refractivity contribution in [3.05, 3.63) is 59.2 Å². The second-order valence-corrected chi connectivity index (χ2v) is 7.49. The Hall–Kier alpha value is -2.36. The van der Waals surface area contributed by atoms with Crippen molar-refractivity contribution in [2.45, 2.75) is 54.0 Å². The topological polar surface area (TPSA) is 67.5 Å². The van der Waals surface area contributed by atoms with Crippen LogP contribution >= 0.6 is 0 Å². The molecule has 4 nitrogen and oxygen atoms in total. The van der Waals surface area contributed by atoms with E-state index in [2.05, 4.69) is 37.2 Å². The summed E-state index contributed by atoms with van der Waals surface area (Å²) in [5.41, 5.74) is 9.19. The smallest absolute Gasteiger partial charge is 0.273 e. The van der Waals surface area contributed by atoms with Gasteiger partial charge in [-0.2, -0.15) is 4.99 Å². The fourth-order valence-corrected chi connectivity index (χ4v) is 2.16. The molecule has 25 heavy (non-hydrogen) atoms. The van der Waals surface area contributed by atoms with E-state index in [9.17, 15) is 4.79 Å². The third-order valence-corrected chi connectivity index (χ3v) is 3.85. The molecule has 1 rings (SSSR count). The molecule has 1 aromatic rings. The van der Waals surface area contributed by atoms with E-state index in [0.717, 1.165) is 29.6 Å². The van der Waals surface area contributed by atoms with Crippen molar-refractivity contribution >= 4 is 11.9 Å². The maximum atomic E-state index is 12.0. The molecule has 0 aromatic heterocycles. The van der Waals surface area contributed by atoms with Crippen molar-refractivity contribution in [1.29, 1.82) is 0 Å². The Morgan fingerprint density at radius 3 is 2.40 bits per heavy atom. The Bertz CT molecular complexity index is 649. The van der Waals surface area contributed by atoms with Crippen LogP contribution in [0.15, 0.2) is 58.6 Å². The first-order valence-corrected chi connectivity index (χ1v) is 8.69. The quantitative estimate of drug-likeness (QED) is 0.350. The summed E-state index contributed by atoms with van der Waals surface area (Å²) < 4.78 is 0. The molecule has 0 radical (unpaired) electrons. The highest BCUT2D eigenvalue weighted by Crippen LogP contribution is 2.22. The third-order valence-electron chi connectivity index (χ3n) is 3.85. The molecule has 136 valence electrons. The molecule has 3 N–H and O–H groups in total. The minimum atomic E-state index is -0.348. The van der Waals surface area contributed by atoms with Gasteiger partial charge in [0.1, 0.15) is 0 Å². The molecule has 0 aliphatic rings. The van der Waals surface area contributed by atoms with E-state index in [1.807, 2.05) is 44.2 Å². The van der Waals surface area contributed by atoms with Gasteiger partial charge in [0.2, 0.25) is 0 Å². The first-order chi connectivity index (χ1) is 11.7. The van der Waals surface area contributed by atoms with E-state index < -0.39 is 0 Å². The normalized spacial score (nSPS) is 13.7. The molecule has 0 bridgehead atoms. The summed E-state index contributed by atoms with van der Waals surface area (Å²) in [4.78, 5) is 15.9. The van der Waals surface area contributed by atoms with E-state index in [-0.39, 0.29) is 11.9 Å². The average Bonchev–Trinajstić information content (AvgIpc) is 2.52. The van der Waals surface area contributed by atoms with Crippen LogP contribution in [0.2, 0.25) is 0 Å². The summed E-state index contributed by atoms with van der Waals surface area (Å²) in [7, 11) is 0. The molecule has 0 unspecified atom stereocenters. The van der Waals surface area contributed by atoms with Gasteiger partial charge in [-0.05, 0) is 43.2 Å². The Morgan fingerprint density at radius 1 is 1.16 bits per heavy atom. The molecule has 0 saturated carbocycles. The Kier molecular flexibility index (Phi) is 8.12. The number of nitrogens with one attached hydrogen (secondary N) is 1. The minimum absolute atomic E-state index is 0.132. The fourth-order valence-electron chi connectivity index (χ4n) is 2.16.